The number of ether oxygens (including phenoxy) is 1. The van der Waals surface area contributed by atoms with E-state index in [1.807, 2.05) is 48.3 Å². The van der Waals surface area contributed by atoms with Crippen LogP contribution in [0, 0.1) is 0 Å². The zero-order chi connectivity index (χ0) is 14.5. The summed E-state index contributed by atoms with van der Waals surface area (Å²) in [4.78, 5) is 6.51. The number of hydrogen-bond acceptors (Lipinski definition) is 4. The zero-order valence-corrected chi connectivity index (χ0v) is 12.4. The third-order valence-corrected chi connectivity index (χ3v) is 3.43. The minimum atomic E-state index is 0.329. The molecule has 4 nitrogen and oxygen atoms in total. The van der Waals surface area contributed by atoms with Crippen LogP contribution in [0.15, 0.2) is 36.4 Å². The standard InChI is InChI=1S/C15H18ClN3O/c1-19(10-11-5-3-4-6-14(11)20-2)15-8-7-12(16)13(9-17)18-15/h3-8H,9-10,17H2,1-2H3. The van der Waals surface area contributed by atoms with E-state index in [0.717, 1.165) is 17.1 Å². The number of anilines is 1. The Hall–Kier alpha value is -1.78. The maximum absolute atomic E-state index is 6.03. The van der Waals surface area contributed by atoms with E-state index in [4.69, 9.17) is 22.1 Å². The molecule has 0 bridgehead atoms. The molecule has 0 radical (unpaired) electrons. The summed E-state index contributed by atoms with van der Waals surface area (Å²) in [6.07, 6.45) is 0. The van der Waals surface area contributed by atoms with Crippen LogP contribution in [0.1, 0.15) is 11.3 Å². The number of aromatic nitrogens is 1. The summed E-state index contributed by atoms with van der Waals surface area (Å²) in [5, 5.41) is 0.599. The van der Waals surface area contributed by atoms with Crippen LogP contribution in [0.25, 0.3) is 0 Å². The SMILES string of the molecule is COc1ccccc1CN(C)c1ccc(Cl)c(CN)n1. The molecule has 0 fully saturated rings. The fourth-order valence-corrected chi connectivity index (χ4v) is 2.18. The summed E-state index contributed by atoms with van der Waals surface area (Å²) in [6, 6.07) is 11.6. The Morgan fingerprint density at radius 1 is 1.25 bits per heavy atom. The molecular formula is C15H18ClN3O. The molecular weight excluding hydrogens is 274 g/mol. The molecule has 2 N–H and O–H groups in total. The van der Waals surface area contributed by atoms with Gasteiger partial charge >= 0.3 is 0 Å². The predicted octanol–water partition coefficient (Wildman–Crippen LogP) is 2.84. The molecule has 0 aliphatic heterocycles. The van der Waals surface area contributed by atoms with Gasteiger partial charge in [0.1, 0.15) is 11.6 Å². The van der Waals surface area contributed by atoms with Crippen LogP contribution >= 0.6 is 11.6 Å². The van der Waals surface area contributed by atoms with E-state index in [1.54, 1.807) is 7.11 Å². The number of rotatable bonds is 5. The number of benzene rings is 1. The van der Waals surface area contributed by atoms with Gasteiger partial charge in [0.25, 0.3) is 0 Å². The normalized spacial score (nSPS) is 10.4. The summed E-state index contributed by atoms with van der Waals surface area (Å²) in [5.41, 5.74) is 7.44. The van der Waals surface area contributed by atoms with Crippen molar-refractivity contribution in [3.63, 3.8) is 0 Å². The summed E-state index contributed by atoms with van der Waals surface area (Å²) < 4.78 is 5.36. The van der Waals surface area contributed by atoms with Crippen LogP contribution in [0.2, 0.25) is 5.02 Å². The van der Waals surface area contributed by atoms with Crippen LogP contribution in [0.3, 0.4) is 0 Å². The van der Waals surface area contributed by atoms with Gasteiger partial charge in [-0.05, 0) is 18.2 Å². The minimum Gasteiger partial charge on any atom is -0.496 e. The number of nitrogens with two attached hydrogens (primary N) is 1. The van der Waals surface area contributed by atoms with E-state index in [2.05, 4.69) is 4.98 Å². The molecule has 0 saturated carbocycles. The second kappa shape index (κ2) is 6.59. The lowest BCUT2D eigenvalue weighted by Gasteiger charge is -2.20. The van der Waals surface area contributed by atoms with Crippen molar-refractivity contribution in [3.05, 3.63) is 52.7 Å². The Labute approximate surface area is 124 Å². The van der Waals surface area contributed by atoms with E-state index in [-0.39, 0.29) is 0 Å². The van der Waals surface area contributed by atoms with Crippen molar-refractivity contribution in [1.82, 2.24) is 4.98 Å². The van der Waals surface area contributed by atoms with E-state index < -0.39 is 0 Å². The number of methoxy groups -OCH3 is 1. The molecule has 0 saturated heterocycles. The highest BCUT2D eigenvalue weighted by Crippen LogP contribution is 2.23. The average Bonchev–Trinajstić information content (AvgIpc) is 2.48. The number of para-hydroxylation sites is 1. The third kappa shape index (κ3) is 3.21. The second-order valence-corrected chi connectivity index (χ2v) is 4.88. The Kier molecular flexibility index (Phi) is 4.82. The highest BCUT2D eigenvalue weighted by Gasteiger charge is 2.09. The van der Waals surface area contributed by atoms with Crippen molar-refractivity contribution in [3.8, 4) is 5.75 Å². The molecule has 0 aliphatic rings. The van der Waals surface area contributed by atoms with E-state index in [0.29, 0.717) is 23.8 Å². The summed E-state index contributed by atoms with van der Waals surface area (Å²) in [7, 11) is 3.65. The largest absolute Gasteiger partial charge is 0.496 e. The van der Waals surface area contributed by atoms with E-state index >= 15 is 0 Å². The first-order chi connectivity index (χ1) is 9.65. The van der Waals surface area contributed by atoms with Crippen molar-refractivity contribution in [1.29, 1.82) is 0 Å². The average molecular weight is 292 g/mol. The van der Waals surface area contributed by atoms with Gasteiger partial charge in [0.05, 0.1) is 17.8 Å². The van der Waals surface area contributed by atoms with Gasteiger partial charge in [-0.25, -0.2) is 4.98 Å². The van der Waals surface area contributed by atoms with Gasteiger partial charge in [0, 0.05) is 25.7 Å². The van der Waals surface area contributed by atoms with E-state index in [9.17, 15) is 0 Å². The molecule has 0 aliphatic carbocycles. The number of nitrogens with zero attached hydrogens (tertiary/aromatic N) is 2. The summed E-state index contributed by atoms with van der Waals surface area (Å²) in [5.74, 6) is 1.70. The lowest BCUT2D eigenvalue weighted by Crippen LogP contribution is -2.19. The summed E-state index contributed by atoms with van der Waals surface area (Å²) >= 11 is 6.03. The van der Waals surface area contributed by atoms with Gasteiger partial charge in [0.15, 0.2) is 0 Å². The van der Waals surface area contributed by atoms with Crippen LogP contribution < -0.4 is 15.4 Å². The minimum absolute atomic E-state index is 0.329. The highest BCUT2D eigenvalue weighted by molar-refractivity contribution is 6.31. The van der Waals surface area contributed by atoms with Crippen molar-refractivity contribution >= 4 is 17.4 Å². The lowest BCUT2D eigenvalue weighted by molar-refractivity contribution is 0.409. The number of hydrogen-bond donors (Lipinski definition) is 1. The molecule has 1 aromatic heterocycles. The van der Waals surface area contributed by atoms with Gasteiger partial charge in [-0.1, -0.05) is 29.8 Å². The predicted molar refractivity (Wildman–Crippen MR) is 82.2 cm³/mol. The number of pyridine rings is 1. The first-order valence-electron chi connectivity index (χ1n) is 6.34. The summed E-state index contributed by atoms with van der Waals surface area (Å²) in [6.45, 7) is 1.03. The molecule has 2 aromatic rings. The first kappa shape index (κ1) is 14.6. The molecule has 0 spiro atoms. The van der Waals surface area contributed by atoms with Crippen molar-refractivity contribution in [2.24, 2.45) is 5.73 Å². The molecule has 0 unspecified atom stereocenters. The Balaban J connectivity index is 2.21. The maximum Gasteiger partial charge on any atom is 0.129 e. The van der Waals surface area contributed by atoms with Crippen LogP contribution in [-0.2, 0) is 13.1 Å². The van der Waals surface area contributed by atoms with Crippen molar-refractivity contribution in [2.45, 2.75) is 13.1 Å². The Bertz CT molecular complexity index is 589. The molecule has 106 valence electrons. The van der Waals surface area contributed by atoms with Crippen molar-refractivity contribution < 1.29 is 4.74 Å². The molecule has 20 heavy (non-hydrogen) atoms. The van der Waals surface area contributed by atoms with Crippen LogP contribution in [-0.4, -0.2) is 19.1 Å². The van der Waals surface area contributed by atoms with Gasteiger partial charge in [-0.15, -0.1) is 0 Å². The van der Waals surface area contributed by atoms with Gasteiger partial charge in [0.2, 0.25) is 0 Å². The maximum atomic E-state index is 6.03. The van der Waals surface area contributed by atoms with Crippen molar-refractivity contribution in [2.75, 3.05) is 19.1 Å². The zero-order valence-electron chi connectivity index (χ0n) is 11.6. The van der Waals surface area contributed by atoms with E-state index in [1.165, 1.54) is 0 Å². The topological polar surface area (TPSA) is 51.4 Å². The molecule has 2 rings (SSSR count). The molecule has 0 atom stereocenters. The Morgan fingerprint density at radius 2 is 2.00 bits per heavy atom. The second-order valence-electron chi connectivity index (χ2n) is 4.47. The Morgan fingerprint density at radius 3 is 2.70 bits per heavy atom. The molecule has 5 heteroatoms. The fourth-order valence-electron chi connectivity index (χ4n) is 2.00. The lowest BCUT2D eigenvalue weighted by atomic mass is 10.2. The molecule has 0 amide bonds. The van der Waals surface area contributed by atoms with Gasteiger partial charge in [-0.3, -0.25) is 0 Å². The molecule has 1 aromatic carbocycles. The smallest absolute Gasteiger partial charge is 0.129 e. The monoisotopic (exact) mass is 291 g/mol. The van der Waals surface area contributed by atoms with Crippen LogP contribution in [0.5, 0.6) is 5.75 Å². The van der Waals surface area contributed by atoms with Crippen LogP contribution in [0.4, 0.5) is 5.82 Å². The molecule has 1 heterocycles. The number of halogens is 1. The van der Waals surface area contributed by atoms with Gasteiger partial charge in [-0.2, -0.15) is 0 Å². The highest BCUT2D eigenvalue weighted by atomic mass is 35.5. The quantitative estimate of drug-likeness (QED) is 0.920. The van der Waals surface area contributed by atoms with Gasteiger partial charge < -0.3 is 15.4 Å². The third-order valence-electron chi connectivity index (χ3n) is 3.09. The first-order valence-corrected chi connectivity index (χ1v) is 6.72. The fraction of sp³-hybridized carbons (Fsp3) is 0.267.